The van der Waals surface area contributed by atoms with Gasteiger partial charge in [0.1, 0.15) is 5.82 Å². The summed E-state index contributed by atoms with van der Waals surface area (Å²) in [5.74, 6) is -1.76. The second-order valence-corrected chi connectivity index (χ2v) is 4.23. The van der Waals surface area contributed by atoms with Gasteiger partial charge in [-0.3, -0.25) is 0 Å². The highest BCUT2D eigenvalue weighted by Gasteiger charge is 2.31. The molecule has 0 spiro atoms. The van der Waals surface area contributed by atoms with Crippen LogP contribution < -0.4 is 0 Å². The molecule has 0 aliphatic heterocycles. The quantitative estimate of drug-likeness (QED) is 0.760. The molecule has 0 saturated heterocycles. The van der Waals surface area contributed by atoms with Crippen molar-refractivity contribution in [3.63, 3.8) is 0 Å². The number of hydrogen-bond donors (Lipinski definition) is 3. The lowest BCUT2D eigenvalue weighted by Crippen LogP contribution is -2.37. The summed E-state index contributed by atoms with van der Waals surface area (Å²) in [5.41, 5.74) is -0.871. The Morgan fingerprint density at radius 1 is 1.53 bits per heavy atom. The zero-order valence-corrected chi connectivity index (χ0v) is 9.20. The monoisotopic (exact) mass is 237 g/mol. The molecule has 0 fully saturated rings. The third-order valence-electron chi connectivity index (χ3n) is 2.73. The highest BCUT2D eigenvalue weighted by molar-refractivity contribution is 5.85. The molecular formula is C12H12FNO3. The predicted octanol–water partition coefficient (Wildman–Crippen LogP) is 1.69. The number of fused-ring (bicyclic) bond motifs is 1. The molecule has 17 heavy (non-hydrogen) atoms. The SMILES string of the molecule is CC(O)(Cc1c[nH]c2cccc(F)c12)C(=O)O. The average molecular weight is 237 g/mol. The number of hydrogen-bond acceptors (Lipinski definition) is 2. The number of H-pyrrole nitrogens is 1. The van der Waals surface area contributed by atoms with Gasteiger partial charge in [-0.05, 0) is 24.6 Å². The van der Waals surface area contributed by atoms with Crippen LogP contribution in [0.25, 0.3) is 10.9 Å². The van der Waals surface area contributed by atoms with Crippen LogP contribution in [0.1, 0.15) is 12.5 Å². The summed E-state index contributed by atoms with van der Waals surface area (Å²) < 4.78 is 13.6. The van der Waals surface area contributed by atoms with Crippen LogP contribution in [0.5, 0.6) is 0 Å². The fourth-order valence-electron chi connectivity index (χ4n) is 1.79. The van der Waals surface area contributed by atoms with Crippen LogP contribution in [-0.4, -0.2) is 26.8 Å². The van der Waals surface area contributed by atoms with Gasteiger partial charge in [0.25, 0.3) is 0 Å². The Morgan fingerprint density at radius 2 is 2.24 bits per heavy atom. The third-order valence-corrected chi connectivity index (χ3v) is 2.73. The van der Waals surface area contributed by atoms with Gasteiger partial charge in [0.2, 0.25) is 0 Å². The first-order valence-electron chi connectivity index (χ1n) is 5.12. The number of halogens is 1. The van der Waals surface area contributed by atoms with Gasteiger partial charge in [-0.2, -0.15) is 0 Å². The molecule has 1 atom stereocenters. The Bertz CT molecular complexity index is 574. The van der Waals surface area contributed by atoms with Crippen LogP contribution in [0.3, 0.4) is 0 Å². The Hall–Kier alpha value is -1.88. The van der Waals surface area contributed by atoms with Gasteiger partial charge in [-0.25, -0.2) is 9.18 Å². The predicted molar refractivity (Wildman–Crippen MR) is 60.2 cm³/mol. The average Bonchev–Trinajstić information content (AvgIpc) is 2.62. The molecule has 0 aliphatic rings. The van der Waals surface area contributed by atoms with Crippen molar-refractivity contribution in [1.29, 1.82) is 0 Å². The molecule has 0 saturated carbocycles. The van der Waals surface area contributed by atoms with Crippen LogP contribution in [0, 0.1) is 5.82 Å². The molecular weight excluding hydrogens is 225 g/mol. The maximum absolute atomic E-state index is 13.6. The lowest BCUT2D eigenvalue weighted by atomic mass is 9.96. The Kier molecular flexibility index (Phi) is 2.63. The molecule has 0 radical (unpaired) electrons. The number of carboxylic acid groups (broad SMARTS) is 1. The Labute approximate surface area is 96.7 Å². The maximum Gasteiger partial charge on any atom is 0.335 e. The highest BCUT2D eigenvalue weighted by Crippen LogP contribution is 2.25. The van der Waals surface area contributed by atoms with E-state index in [0.29, 0.717) is 16.5 Å². The summed E-state index contributed by atoms with van der Waals surface area (Å²) in [6.45, 7) is 1.19. The minimum atomic E-state index is -1.91. The number of benzene rings is 1. The van der Waals surface area contributed by atoms with E-state index < -0.39 is 17.4 Å². The Morgan fingerprint density at radius 3 is 2.88 bits per heavy atom. The molecule has 4 nitrogen and oxygen atoms in total. The molecule has 1 heterocycles. The summed E-state index contributed by atoms with van der Waals surface area (Å²) in [5, 5.41) is 18.8. The zero-order chi connectivity index (χ0) is 12.6. The molecule has 90 valence electrons. The number of carboxylic acids is 1. The molecule has 2 aromatic rings. The Balaban J connectivity index is 2.47. The first-order valence-corrected chi connectivity index (χ1v) is 5.12. The molecule has 3 N–H and O–H groups in total. The van der Waals surface area contributed by atoms with E-state index in [9.17, 15) is 14.3 Å². The van der Waals surface area contributed by atoms with Gasteiger partial charge in [-0.15, -0.1) is 0 Å². The van der Waals surface area contributed by atoms with Crippen molar-refractivity contribution in [2.45, 2.75) is 18.9 Å². The van der Waals surface area contributed by atoms with Gasteiger partial charge in [0, 0.05) is 23.5 Å². The van der Waals surface area contributed by atoms with E-state index in [2.05, 4.69) is 4.98 Å². The van der Waals surface area contributed by atoms with Gasteiger partial charge < -0.3 is 15.2 Å². The number of aliphatic carboxylic acids is 1. The van der Waals surface area contributed by atoms with Gasteiger partial charge in [0.15, 0.2) is 5.60 Å². The van der Waals surface area contributed by atoms with E-state index in [1.54, 1.807) is 12.1 Å². The zero-order valence-electron chi connectivity index (χ0n) is 9.20. The first-order chi connectivity index (χ1) is 7.92. The van der Waals surface area contributed by atoms with Crippen LogP contribution in [0.4, 0.5) is 4.39 Å². The fraction of sp³-hybridized carbons (Fsp3) is 0.250. The normalized spacial score (nSPS) is 14.8. The molecule has 0 aliphatic carbocycles. The molecule has 0 amide bonds. The van der Waals surface area contributed by atoms with Crippen molar-refractivity contribution in [3.8, 4) is 0 Å². The fourth-order valence-corrected chi connectivity index (χ4v) is 1.79. The van der Waals surface area contributed by atoms with Crippen molar-refractivity contribution in [2.75, 3.05) is 0 Å². The molecule has 2 rings (SSSR count). The van der Waals surface area contributed by atoms with E-state index in [1.165, 1.54) is 19.2 Å². The molecule has 1 unspecified atom stereocenters. The lowest BCUT2D eigenvalue weighted by Gasteiger charge is -2.17. The number of aromatic nitrogens is 1. The van der Waals surface area contributed by atoms with E-state index >= 15 is 0 Å². The van der Waals surface area contributed by atoms with Crippen LogP contribution >= 0.6 is 0 Å². The molecule has 5 heteroatoms. The summed E-state index contributed by atoms with van der Waals surface area (Å²) in [7, 11) is 0. The van der Waals surface area contributed by atoms with E-state index in [0.717, 1.165) is 0 Å². The summed E-state index contributed by atoms with van der Waals surface area (Å²) in [6, 6.07) is 4.56. The maximum atomic E-state index is 13.6. The second-order valence-electron chi connectivity index (χ2n) is 4.23. The van der Waals surface area contributed by atoms with Crippen molar-refractivity contribution in [1.82, 2.24) is 4.98 Å². The number of aliphatic hydroxyl groups is 1. The minimum absolute atomic E-state index is 0.150. The standard InChI is InChI=1S/C12H12FNO3/c1-12(17,11(15)16)5-7-6-14-9-4-2-3-8(13)10(7)9/h2-4,6,14,17H,5H2,1H3,(H,15,16). The summed E-state index contributed by atoms with van der Waals surface area (Å²) in [6.07, 6.45) is 1.37. The number of aromatic amines is 1. The van der Waals surface area contributed by atoms with Crippen molar-refractivity contribution >= 4 is 16.9 Å². The topological polar surface area (TPSA) is 73.3 Å². The van der Waals surface area contributed by atoms with Crippen LogP contribution in [-0.2, 0) is 11.2 Å². The van der Waals surface area contributed by atoms with Gasteiger partial charge in [0.05, 0.1) is 0 Å². The van der Waals surface area contributed by atoms with Crippen molar-refractivity contribution < 1.29 is 19.4 Å². The summed E-state index contributed by atoms with van der Waals surface area (Å²) >= 11 is 0. The van der Waals surface area contributed by atoms with E-state index in [-0.39, 0.29) is 6.42 Å². The molecule has 1 aromatic heterocycles. The van der Waals surface area contributed by atoms with Gasteiger partial charge >= 0.3 is 5.97 Å². The number of carbonyl (C=O) groups is 1. The number of rotatable bonds is 3. The minimum Gasteiger partial charge on any atom is -0.479 e. The summed E-state index contributed by atoms with van der Waals surface area (Å²) in [4.78, 5) is 13.7. The van der Waals surface area contributed by atoms with Crippen LogP contribution in [0.2, 0.25) is 0 Å². The molecule has 0 bridgehead atoms. The van der Waals surface area contributed by atoms with Crippen LogP contribution in [0.15, 0.2) is 24.4 Å². The highest BCUT2D eigenvalue weighted by atomic mass is 19.1. The lowest BCUT2D eigenvalue weighted by molar-refractivity contribution is -0.156. The first kappa shape index (κ1) is 11.6. The molecule has 1 aromatic carbocycles. The van der Waals surface area contributed by atoms with Crippen molar-refractivity contribution in [3.05, 3.63) is 35.8 Å². The van der Waals surface area contributed by atoms with Crippen molar-refractivity contribution in [2.24, 2.45) is 0 Å². The number of nitrogens with one attached hydrogen (secondary N) is 1. The largest absolute Gasteiger partial charge is 0.479 e. The third kappa shape index (κ3) is 2.01. The van der Waals surface area contributed by atoms with E-state index in [1.807, 2.05) is 0 Å². The smallest absolute Gasteiger partial charge is 0.335 e. The van der Waals surface area contributed by atoms with Gasteiger partial charge in [-0.1, -0.05) is 6.07 Å². The second kappa shape index (κ2) is 3.85. The van der Waals surface area contributed by atoms with E-state index in [4.69, 9.17) is 5.11 Å².